The Morgan fingerprint density at radius 3 is 3.06 bits per heavy atom. The molecule has 2 heterocycles. The van der Waals surface area contributed by atoms with Crippen molar-refractivity contribution in [2.45, 2.75) is 13.8 Å². The molecule has 86 valence electrons. The Morgan fingerprint density at radius 2 is 2.41 bits per heavy atom. The molecule has 0 saturated heterocycles. The molecule has 0 saturated carbocycles. The fourth-order valence-corrected chi connectivity index (χ4v) is 1.52. The number of aryl methyl sites for hydroxylation is 1. The molecule has 0 N–H and O–H groups in total. The molecule has 0 radical (unpaired) electrons. The van der Waals surface area contributed by atoms with Crippen LogP contribution < -0.4 is 0 Å². The summed E-state index contributed by atoms with van der Waals surface area (Å²) < 4.78 is 6.40. The van der Waals surface area contributed by atoms with Gasteiger partial charge in [0.15, 0.2) is 5.65 Å². The number of nitrogens with zero attached hydrogens (tertiary/aromatic N) is 4. The minimum absolute atomic E-state index is 0.251. The van der Waals surface area contributed by atoms with Crippen LogP contribution in [0.2, 0.25) is 0 Å². The van der Waals surface area contributed by atoms with Crippen molar-refractivity contribution in [3.63, 3.8) is 0 Å². The van der Waals surface area contributed by atoms with Gasteiger partial charge in [0.2, 0.25) is 0 Å². The predicted molar refractivity (Wildman–Crippen MR) is 58.4 cm³/mol. The second-order valence-corrected chi connectivity index (χ2v) is 3.41. The Bertz CT molecular complexity index is 624. The smallest absolute Gasteiger partial charge is 0.343 e. The monoisotopic (exact) mass is 230 g/mol. The van der Waals surface area contributed by atoms with Crippen molar-refractivity contribution in [3.05, 3.63) is 29.2 Å². The van der Waals surface area contributed by atoms with E-state index in [0.717, 1.165) is 5.69 Å². The second kappa shape index (κ2) is 4.22. The van der Waals surface area contributed by atoms with E-state index in [1.807, 2.05) is 6.07 Å². The van der Waals surface area contributed by atoms with E-state index >= 15 is 0 Å². The van der Waals surface area contributed by atoms with E-state index in [4.69, 9.17) is 10.00 Å². The van der Waals surface area contributed by atoms with Crippen molar-refractivity contribution >= 4 is 11.6 Å². The lowest BCUT2D eigenvalue weighted by molar-refractivity contribution is 0.0528. The lowest BCUT2D eigenvalue weighted by Crippen LogP contribution is -2.06. The van der Waals surface area contributed by atoms with Crippen molar-refractivity contribution in [2.75, 3.05) is 6.61 Å². The molecule has 2 aromatic rings. The van der Waals surface area contributed by atoms with E-state index in [0.29, 0.717) is 5.65 Å². The van der Waals surface area contributed by atoms with Gasteiger partial charge in [0, 0.05) is 5.69 Å². The van der Waals surface area contributed by atoms with Gasteiger partial charge < -0.3 is 4.74 Å². The molecule has 2 aromatic heterocycles. The second-order valence-electron chi connectivity index (χ2n) is 3.41. The number of carbonyl (C=O) groups excluding carboxylic acids is 1. The van der Waals surface area contributed by atoms with Crippen LogP contribution in [0.15, 0.2) is 12.3 Å². The number of hydrogen-bond donors (Lipinski definition) is 0. The van der Waals surface area contributed by atoms with Crippen molar-refractivity contribution in [1.82, 2.24) is 14.6 Å². The zero-order valence-corrected chi connectivity index (χ0v) is 9.47. The Labute approximate surface area is 97.4 Å². The average Bonchev–Trinajstić information content (AvgIpc) is 2.73. The van der Waals surface area contributed by atoms with Gasteiger partial charge in [-0.25, -0.2) is 14.3 Å². The summed E-state index contributed by atoms with van der Waals surface area (Å²) in [6.45, 7) is 3.80. The van der Waals surface area contributed by atoms with Crippen molar-refractivity contribution < 1.29 is 9.53 Å². The van der Waals surface area contributed by atoms with E-state index in [9.17, 15) is 4.79 Å². The highest BCUT2D eigenvalue weighted by molar-refractivity contribution is 5.95. The fraction of sp³-hybridized carbons (Fsp3) is 0.273. The highest BCUT2D eigenvalue weighted by atomic mass is 16.5. The highest BCUT2D eigenvalue weighted by Crippen LogP contribution is 2.12. The maximum atomic E-state index is 11.6. The third kappa shape index (κ3) is 1.83. The topological polar surface area (TPSA) is 80.3 Å². The summed E-state index contributed by atoms with van der Waals surface area (Å²) in [5.41, 5.74) is 1.61. The molecule has 0 aromatic carbocycles. The summed E-state index contributed by atoms with van der Waals surface area (Å²) in [6, 6.07) is 3.55. The SMILES string of the molecule is CCOC(=O)c1cnn2c(C)cc(C#N)nc12. The Morgan fingerprint density at radius 1 is 1.65 bits per heavy atom. The molecule has 6 heteroatoms. The van der Waals surface area contributed by atoms with Gasteiger partial charge in [0.25, 0.3) is 0 Å². The van der Waals surface area contributed by atoms with Gasteiger partial charge in [-0.1, -0.05) is 0 Å². The number of carbonyl (C=O) groups is 1. The fourth-order valence-electron chi connectivity index (χ4n) is 1.52. The summed E-state index contributed by atoms with van der Waals surface area (Å²) in [4.78, 5) is 15.7. The van der Waals surface area contributed by atoms with E-state index < -0.39 is 5.97 Å². The predicted octanol–water partition coefficient (Wildman–Crippen LogP) is 1.09. The first kappa shape index (κ1) is 11.1. The van der Waals surface area contributed by atoms with Gasteiger partial charge in [0.05, 0.1) is 12.8 Å². The van der Waals surface area contributed by atoms with E-state index in [-0.39, 0.29) is 17.9 Å². The van der Waals surface area contributed by atoms with Gasteiger partial charge in [-0.05, 0) is 19.9 Å². The normalized spacial score (nSPS) is 10.2. The first-order valence-electron chi connectivity index (χ1n) is 5.10. The van der Waals surface area contributed by atoms with E-state index in [1.165, 1.54) is 10.7 Å². The first-order chi connectivity index (χ1) is 8.17. The lowest BCUT2D eigenvalue weighted by atomic mass is 10.3. The number of esters is 1. The van der Waals surface area contributed by atoms with Crippen molar-refractivity contribution in [1.29, 1.82) is 5.26 Å². The first-order valence-corrected chi connectivity index (χ1v) is 5.10. The van der Waals surface area contributed by atoms with Crippen LogP contribution in [0.4, 0.5) is 0 Å². The Hall–Kier alpha value is -2.42. The highest BCUT2D eigenvalue weighted by Gasteiger charge is 2.16. The quantitative estimate of drug-likeness (QED) is 0.721. The molecular formula is C11H10N4O2. The van der Waals surface area contributed by atoms with Gasteiger partial charge >= 0.3 is 5.97 Å². The molecule has 0 atom stereocenters. The van der Waals surface area contributed by atoms with E-state index in [1.54, 1.807) is 19.9 Å². The molecule has 6 nitrogen and oxygen atoms in total. The molecule has 17 heavy (non-hydrogen) atoms. The maximum absolute atomic E-state index is 11.6. The van der Waals surface area contributed by atoms with Gasteiger partial charge in [-0.15, -0.1) is 0 Å². The largest absolute Gasteiger partial charge is 0.462 e. The van der Waals surface area contributed by atoms with Crippen LogP contribution in [-0.2, 0) is 4.74 Å². The van der Waals surface area contributed by atoms with Gasteiger partial charge in [0.1, 0.15) is 17.3 Å². The summed E-state index contributed by atoms with van der Waals surface area (Å²) in [5, 5.41) is 12.9. The van der Waals surface area contributed by atoms with Crippen LogP contribution >= 0.6 is 0 Å². The molecule has 0 aliphatic rings. The zero-order chi connectivity index (χ0) is 12.4. The van der Waals surface area contributed by atoms with Crippen molar-refractivity contribution in [3.8, 4) is 6.07 Å². The summed E-state index contributed by atoms with van der Waals surface area (Å²) >= 11 is 0. The molecule has 0 unspecified atom stereocenters. The van der Waals surface area contributed by atoms with Crippen LogP contribution in [0, 0.1) is 18.3 Å². The minimum atomic E-state index is -0.482. The van der Waals surface area contributed by atoms with Crippen LogP contribution in [0.25, 0.3) is 5.65 Å². The number of fused-ring (bicyclic) bond motifs is 1. The zero-order valence-electron chi connectivity index (χ0n) is 9.47. The minimum Gasteiger partial charge on any atom is -0.462 e. The molecule has 0 amide bonds. The van der Waals surface area contributed by atoms with Crippen LogP contribution in [0.1, 0.15) is 28.7 Å². The number of nitriles is 1. The number of hydrogen-bond acceptors (Lipinski definition) is 5. The van der Waals surface area contributed by atoms with Gasteiger partial charge in [-0.3, -0.25) is 0 Å². The number of rotatable bonds is 2. The molecule has 0 spiro atoms. The molecule has 2 rings (SSSR count). The van der Waals surface area contributed by atoms with Gasteiger partial charge in [-0.2, -0.15) is 10.4 Å². The summed E-state index contributed by atoms with van der Waals surface area (Å²) in [7, 11) is 0. The average molecular weight is 230 g/mol. The molecule has 0 fully saturated rings. The molecular weight excluding hydrogens is 220 g/mol. The summed E-state index contributed by atoms with van der Waals surface area (Å²) in [6.07, 6.45) is 1.40. The maximum Gasteiger partial charge on any atom is 0.343 e. The third-order valence-electron chi connectivity index (χ3n) is 2.26. The Kier molecular flexibility index (Phi) is 2.75. The molecule has 0 bridgehead atoms. The lowest BCUT2D eigenvalue weighted by Gasteiger charge is -2.01. The summed E-state index contributed by atoms with van der Waals surface area (Å²) in [5.74, 6) is -0.482. The van der Waals surface area contributed by atoms with Crippen molar-refractivity contribution in [2.24, 2.45) is 0 Å². The third-order valence-corrected chi connectivity index (χ3v) is 2.26. The van der Waals surface area contributed by atoms with Crippen LogP contribution in [-0.4, -0.2) is 27.2 Å². The molecule has 0 aliphatic heterocycles. The van der Waals surface area contributed by atoms with E-state index in [2.05, 4.69) is 10.1 Å². The Balaban J connectivity index is 2.63. The van der Waals surface area contributed by atoms with Crippen LogP contribution in [0.5, 0.6) is 0 Å². The number of aromatic nitrogens is 3. The standard InChI is InChI=1S/C11H10N4O2/c1-3-17-11(16)9-6-13-15-7(2)4-8(5-12)14-10(9)15/h4,6H,3H2,1-2H3. The molecule has 0 aliphatic carbocycles. The van der Waals surface area contributed by atoms with Crippen LogP contribution in [0.3, 0.4) is 0 Å². The number of ether oxygens (including phenoxy) is 1.